The molecule has 3 aliphatic rings. The number of alkyl halides is 2. The molecule has 0 aromatic heterocycles. The van der Waals surface area contributed by atoms with Gasteiger partial charge in [0.15, 0.2) is 17.9 Å². The Morgan fingerprint density at radius 3 is 2.62 bits per heavy atom. The molecule has 6 heteroatoms. The maximum absolute atomic E-state index is 16.7. The largest absolute Gasteiger partial charge is 0.390 e. The van der Waals surface area contributed by atoms with Crippen LogP contribution in [0.1, 0.15) is 39.5 Å². The summed E-state index contributed by atoms with van der Waals surface area (Å²) >= 11 is 0. The minimum Gasteiger partial charge on any atom is -0.390 e. The van der Waals surface area contributed by atoms with Gasteiger partial charge in [0.05, 0.1) is 6.10 Å². The van der Waals surface area contributed by atoms with Gasteiger partial charge in [0.2, 0.25) is 0 Å². The molecule has 29 heavy (non-hydrogen) atoms. The van der Waals surface area contributed by atoms with E-state index in [1.807, 2.05) is 0 Å². The molecule has 0 amide bonds. The number of hydrogen-bond acceptors (Lipinski definition) is 4. The topological polar surface area (TPSA) is 71.4 Å². The maximum Gasteiger partial charge on any atom is 0.198 e. The van der Waals surface area contributed by atoms with Gasteiger partial charge in [-0.1, -0.05) is 26.0 Å². The molecular weight excluding hydrogens is 378 g/mol. The van der Waals surface area contributed by atoms with Gasteiger partial charge in [-0.3, -0.25) is 14.4 Å². The summed E-state index contributed by atoms with van der Waals surface area (Å²) in [6.07, 6.45) is 4.13. The monoisotopic (exact) mass is 406 g/mol. The number of aliphatic hydroxyl groups excluding tert-OH is 1. The minimum atomic E-state index is -2.21. The second-order valence-corrected chi connectivity index (χ2v) is 9.03. The second kappa shape index (κ2) is 7.38. The van der Waals surface area contributed by atoms with E-state index in [1.54, 1.807) is 19.9 Å². The van der Waals surface area contributed by atoms with E-state index in [9.17, 15) is 23.9 Å². The highest BCUT2D eigenvalue weighted by Gasteiger charge is 2.71. The Kier molecular flexibility index (Phi) is 5.54. The smallest absolute Gasteiger partial charge is 0.198 e. The molecule has 3 aliphatic carbocycles. The molecule has 1 N–H and O–H groups in total. The lowest BCUT2D eigenvalue weighted by Gasteiger charge is -2.61. The summed E-state index contributed by atoms with van der Waals surface area (Å²) in [6.45, 7) is 7.28. The first-order chi connectivity index (χ1) is 13.6. The molecule has 158 valence electrons. The zero-order valence-electron chi connectivity index (χ0n) is 16.8. The van der Waals surface area contributed by atoms with Crippen molar-refractivity contribution in [3.8, 4) is 0 Å². The average Bonchev–Trinajstić information content (AvgIpc) is 2.99. The lowest BCUT2D eigenvalue weighted by atomic mass is 9.45. The van der Waals surface area contributed by atoms with Gasteiger partial charge in [0, 0.05) is 23.2 Å². The van der Waals surface area contributed by atoms with Crippen LogP contribution in [-0.2, 0) is 14.4 Å². The lowest BCUT2D eigenvalue weighted by molar-refractivity contribution is -0.196. The Morgan fingerprint density at radius 2 is 2.00 bits per heavy atom. The highest BCUT2D eigenvalue weighted by atomic mass is 19.1. The third-order valence-electron chi connectivity index (χ3n) is 7.96. The van der Waals surface area contributed by atoms with Crippen molar-refractivity contribution in [1.29, 1.82) is 0 Å². The average molecular weight is 406 g/mol. The summed E-state index contributed by atoms with van der Waals surface area (Å²) in [6, 6.07) is 0. The molecule has 0 heterocycles. The van der Waals surface area contributed by atoms with Crippen LogP contribution in [0.5, 0.6) is 0 Å². The van der Waals surface area contributed by atoms with E-state index in [4.69, 9.17) is 0 Å². The molecule has 8 unspecified atom stereocenters. The van der Waals surface area contributed by atoms with E-state index in [0.717, 1.165) is 12.2 Å². The fourth-order valence-electron chi connectivity index (χ4n) is 6.37. The maximum atomic E-state index is 16.7. The van der Waals surface area contributed by atoms with Crippen molar-refractivity contribution in [3.05, 3.63) is 37.0 Å². The summed E-state index contributed by atoms with van der Waals surface area (Å²) in [5, 5.41) is 11.0. The van der Waals surface area contributed by atoms with E-state index in [1.165, 1.54) is 12.2 Å². The molecule has 8 atom stereocenters. The van der Waals surface area contributed by atoms with Crippen LogP contribution in [0.4, 0.5) is 8.78 Å². The first kappa shape index (κ1) is 21.8. The Morgan fingerprint density at radius 1 is 1.34 bits per heavy atom. The van der Waals surface area contributed by atoms with Gasteiger partial charge in [0.25, 0.3) is 0 Å². The molecule has 2 fully saturated rings. The van der Waals surface area contributed by atoms with Crippen molar-refractivity contribution in [2.75, 3.05) is 0 Å². The summed E-state index contributed by atoms with van der Waals surface area (Å²) in [5.41, 5.74) is -4.09. The van der Waals surface area contributed by atoms with Crippen LogP contribution in [0, 0.1) is 28.6 Å². The van der Waals surface area contributed by atoms with Crippen LogP contribution in [0.15, 0.2) is 37.0 Å². The quantitative estimate of drug-likeness (QED) is 0.442. The number of fused-ring (bicyclic) bond motifs is 3. The molecule has 0 radical (unpaired) electrons. The zero-order chi connectivity index (χ0) is 21.6. The predicted molar refractivity (Wildman–Crippen MR) is 104 cm³/mol. The van der Waals surface area contributed by atoms with Crippen LogP contribution in [0.25, 0.3) is 0 Å². The van der Waals surface area contributed by atoms with Crippen molar-refractivity contribution < 1.29 is 28.3 Å². The summed E-state index contributed by atoms with van der Waals surface area (Å²) in [5.74, 6) is -3.52. The predicted octanol–water partition coefficient (Wildman–Crippen LogP) is 3.49. The summed E-state index contributed by atoms with van der Waals surface area (Å²) in [4.78, 5) is 35.4. The molecule has 0 saturated heterocycles. The summed E-state index contributed by atoms with van der Waals surface area (Å²) in [7, 11) is 0. The van der Waals surface area contributed by atoms with Crippen LogP contribution in [0.3, 0.4) is 0 Å². The van der Waals surface area contributed by atoms with Crippen molar-refractivity contribution in [2.24, 2.45) is 28.6 Å². The Labute approximate surface area is 169 Å². The van der Waals surface area contributed by atoms with Gasteiger partial charge in [0.1, 0.15) is 11.8 Å². The van der Waals surface area contributed by atoms with Crippen molar-refractivity contribution >= 4 is 17.9 Å². The molecule has 2 saturated carbocycles. The minimum absolute atomic E-state index is 0.0464. The van der Waals surface area contributed by atoms with Crippen molar-refractivity contribution in [3.63, 3.8) is 0 Å². The number of halogens is 2. The molecule has 3 rings (SSSR count). The molecule has 0 bridgehead atoms. The second-order valence-electron chi connectivity index (χ2n) is 9.03. The van der Waals surface area contributed by atoms with Crippen LogP contribution in [-0.4, -0.2) is 40.9 Å². The molecular formula is C23H28F2O4. The van der Waals surface area contributed by atoms with Gasteiger partial charge in [-0.25, -0.2) is 8.78 Å². The van der Waals surface area contributed by atoms with Crippen LogP contribution < -0.4 is 0 Å². The number of carbonyl (C=O) groups excluding carboxylic acids is 3. The SMILES string of the molecule is C=CC12CCC(C(=O)C=O)C1(C)CC(O)C1(F)C(C)C=CC(=O)C=CC(F)CC12. The highest BCUT2D eigenvalue weighted by molar-refractivity contribution is 6.26. The standard InChI is InChI=1S/C23H28F2O4/c1-4-22-10-9-17(18(28)13-26)21(22,3)12-20(29)23(25)14(2)5-7-16(27)8-6-15(24)11-19(22)23/h4-8,13-15,17,19-20,29H,1,9-12H2,2-3H3. The third-order valence-corrected chi connectivity index (χ3v) is 7.96. The number of hydrogen-bond donors (Lipinski definition) is 1. The van der Waals surface area contributed by atoms with Crippen molar-refractivity contribution in [2.45, 2.75) is 57.5 Å². The third kappa shape index (κ3) is 2.98. The van der Waals surface area contributed by atoms with Gasteiger partial charge < -0.3 is 5.11 Å². The van der Waals surface area contributed by atoms with Crippen LogP contribution in [0.2, 0.25) is 0 Å². The molecule has 4 nitrogen and oxygen atoms in total. The Bertz CT molecular complexity index is 790. The van der Waals surface area contributed by atoms with E-state index < -0.39 is 58.1 Å². The highest BCUT2D eigenvalue weighted by Crippen LogP contribution is 2.70. The van der Waals surface area contributed by atoms with Gasteiger partial charge in [-0.05, 0) is 49.3 Å². The van der Waals surface area contributed by atoms with E-state index in [0.29, 0.717) is 12.8 Å². The Balaban J connectivity index is 2.20. The number of ketones is 2. The van der Waals surface area contributed by atoms with Gasteiger partial charge >= 0.3 is 0 Å². The van der Waals surface area contributed by atoms with E-state index >= 15 is 4.39 Å². The number of aliphatic hydroxyl groups is 1. The van der Waals surface area contributed by atoms with Crippen molar-refractivity contribution in [1.82, 2.24) is 0 Å². The number of aldehydes is 1. The lowest BCUT2D eigenvalue weighted by Crippen LogP contribution is -2.65. The number of carbonyl (C=O) groups is 3. The number of Topliss-reactive ketones (excluding diaryl/α,β-unsaturated/α-hetero) is 1. The first-order valence-electron chi connectivity index (χ1n) is 10.1. The van der Waals surface area contributed by atoms with E-state index in [2.05, 4.69) is 6.58 Å². The molecule has 0 aromatic carbocycles. The van der Waals surface area contributed by atoms with Gasteiger partial charge in [-0.2, -0.15) is 0 Å². The number of allylic oxidation sites excluding steroid dienone is 5. The van der Waals surface area contributed by atoms with Crippen LogP contribution >= 0.6 is 0 Å². The normalized spacial score (nSPS) is 47.2. The fourth-order valence-corrected chi connectivity index (χ4v) is 6.37. The Hall–Kier alpha value is -1.95. The molecule has 0 aliphatic heterocycles. The zero-order valence-corrected chi connectivity index (χ0v) is 16.8. The number of rotatable bonds is 3. The fraction of sp³-hybridized carbons (Fsp3) is 0.609. The first-order valence-corrected chi connectivity index (χ1v) is 10.1. The summed E-state index contributed by atoms with van der Waals surface area (Å²) < 4.78 is 31.6. The van der Waals surface area contributed by atoms with E-state index in [-0.39, 0.29) is 19.1 Å². The van der Waals surface area contributed by atoms with Gasteiger partial charge in [-0.15, -0.1) is 6.58 Å². The molecule has 0 aromatic rings. The molecule has 0 spiro atoms.